The molecular formula is C21H21ClNO+. The van der Waals surface area contributed by atoms with Gasteiger partial charge in [-0.3, -0.25) is 0 Å². The quantitative estimate of drug-likeness (QED) is 0.573. The van der Waals surface area contributed by atoms with Crippen molar-refractivity contribution in [3.63, 3.8) is 0 Å². The summed E-state index contributed by atoms with van der Waals surface area (Å²) in [7, 11) is 0. The Hall–Kier alpha value is -2.06. The zero-order chi connectivity index (χ0) is 16.5. The summed E-state index contributed by atoms with van der Waals surface area (Å²) in [6.45, 7) is 4.55. The van der Waals surface area contributed by atoms with Crippen LogP contribution in [0.1, 0.15) is 19.8 Å². The van der Waals surface area contributed by atoms with E-state index < -0.39 is 0 Å². The van der Waals surface area contributed by atoms with E-state index in [4.69, 9.17) is 16.0 Å². The zero-order valence-corrected chi connectivity index (χ0v) is 14.6. The summed E-state index contributed by atoms with van der Waals surface area (Å²) in [5, 5.41) is 3.20. The second-order valence-corrected chi connectivity index (χ2v) is 7.13. The molecule has 2 aromatic carbocycles. The minimum absolute atomic E-state index is 0.730. The number of rotatable bonds is 1. The molecule has 0 radical (unpaired) electrons. The number of halogens is 1. The first-order chi connectivity index (χ1) is 11.7. The summed E-state index contributed by atoms with van der Waals surface area (Å²) >= 11 is 6.02. The molecule has 0 amide bonds. The lowest BCUT2D eigenvalue weighted by Crippen LogP contribution is -2.38. The summed E-state index contributed by atoms with van der Waals surface area (Å²) in [4.78, 5) is 0. The molecule has 3 aromatic rings. The van der Waals surface area contributed by atoms with E-state index in [1.165, 1.54) is 23.6 Å². The first-order valence-electron chi connectivity index (χ1n) is 8.57. The van der Waals surface area contributed by atoms with E-state index in [0.717, 1.165) is 40.9 Å². The second kappa shape index (κ2) is 6.45. The van der Waals surface area contributed by atoms with Gasteiger partial charge in [-0.05, 0) is 42.8 Å². The van der Waals surface area contributed by atoms with Gasteiger partial charge in [-0.15, -0.1) is 0 Å². The van der Waals surface area contributed by atoms with Gasteiger partial charge in [0, 0.05) is 22.9 Å². The largest absolute Gasteiger partial charge is 0.456 e. The third-order valence-electron chi connectivity index (χ3n) is 4.78. The standard InChI is InChI=1S/C21H21ClNO/c1-15-5-4-12-23(14-15)19-13-21(16-8-10-17(22)11-9-16)24-20-7-3-2-6-18(19)20/h2-3,6-11,13,15H,4-5,12,14H2,1H3/q+1. The van der Waals surface area contributed by atoms with Crippen LogP contribution in [0.2, 0.25) is 5.02 Å². The molecule has 0 bridgehead atoms. The van der Waals surface area contributed by atoms with E-state index in [-0.39, 0.29) is 0 Å². The second-order valence-electron chi connectivity index (χ2n) is 6.69. The fourth-order valence-corrected chi connectivity index (χ4v) is 3.67. The highest BCUT2D eigenvalue weighted by molar-refractivity contribution is 6.30. The van der Waals surface area contributed by atoms with Crippen molar-refractivity contribution in [3.05, 3.63) is 65.0 Å². The van der Waals surface area contributed by atoms with Crippen molar-refractivity contribution in [2.24, 2.45) is 5.92 Å². The lowest BCUT2D eigenvalue weighted by molar-refractivity contribution is 0.358. The van der Waals surface area contributed by atoms with Crippen LogP contribution in [0.25, 0.3) is 22.3 Å². The van der Waals surface area contributed by atoms with Crippen LogP contribution in [0.3, 0.4) is 0 Å². The van der Waals surface area contributed by atoms with Gasteiger partial charge < -0.3 is 4.42 Å². The number of piperidine rings is 1. The summed E-state index contributed by atoms with van der Waals surface area (Å²) in [6.07, 6.45) is 2.56. The molecule has 2 heterocycles. The molecule has 24 heavy (non-hydrogen) atoms. The molecule has 1 fully saturated rings. The van der Waals surface area contributed by atoms with E-state index in [9.17, 15) is 0 Å². The molecule has 1 saturated heterocycles. The molecule has 0 N–H and O–H groups in total. The van der Waals surface area contributed by atoms with Crippen LogP contribution in [-0.2, 0) is 0 Å². The molecule has 4 rings (SSSR count). The van der Waals surface area contributed by atoms with E-state index >= 15 is 0 Å². The van der Waals surface area contributed by atoms with Crippen molar-refractivity contribution in [1.29, 1.82) is 0 Å². The summed E-state index contributed by atoms with van der Waals surface area (Å²) < 4.78 is 8.68. The van der Waals surface area contributed by atoms with Gasteiger partial charge in [0.2, 0.25) is 5.36 Å². The number of hydrogen-bond donors (Lipinski definition) is 0. The van der Waals surface area contributed by atoms with E-state index in [0.29, 0.717) is 0 Å². The van der Waals surface area contributed by atoms with E-state index in [1.807, 2.05) is 36.4 Å². The van der Waals surface area contributed by atoms with Crippen LogP contribution < -0.4 is 9.93 Å². The first kappa shape index (κ1) is 15.5. The number of benzene rings is 2. The average molecular weight is 339 g/mol. The molecule has 1 aliphatic rings. The van der Waals surface area contributed by atoms with Gasteiger partial charge in [0.25, 0.3) is 0 Å². The maximum atomic E-state index is 6.18. The molecule has 122 valence electrons. The third-order valence-corrected chi connectivity index (χ3v) is 5.03. The maximum Gasteiger partial charge on any atom is 0.214 e. The molecule has 0 saturated carbocycles. The average Bonchev–Trinajstić information content (AvgIpc) is 2.61. The Balaban J connectivity index is 1.98. The highest BCUT2D eigenvalue weighted by Crippen LogP contribution is 2.23. The minimum Gasteiger partial charge on any atom is -0.456 e. The van der Waals surface area contributed by atoms with Crippen molar-refractivity contribution < 1.29 is 4.42 Å². The van der Waals surface area contributed by atoms with Crippen molar-refractivity contribution in [1.82, 2.24) is 4.58 Å². The van der Waals surface area contributed by atoms with Crippen LogP contribution >= 0.6 is 11.6 Å². The third kappa shape index (κ3) is 2.99. The van der Waals surface area contributed by atoms with Crippen LogP contribution in [0.5, 0.6) is 0 Å². The van der Waals surface area contributed by atoms with Crippen LogP contribution in [0, 0.1) is 5.92 Å². The van der Waals surface area contributed by atoms with Gasteiger partial charge in [0.15, 0.2) is 0 Å². The molecule has 3 heteroatoms. The molecular weight excluding hydrogens is 318 g/mol. The summed E-state index contributed by atoms with van der Waals surface area (Å²) in [5.41, 5.74) is 1.98. The molecule has 2 nitrogen and oxygen atoms in total. The van der Waals surface area contributed by atoms with Crippen LogP contribution in [0.4, 0.5) is 0 Å². The monoisotopic (exact) mass is 338 g/mol. The fraction of sp³-hybridized carbons (Fsp3) is 0.286. The zero-order valence-electron chi connectivity index (χ0n) is 13.8. The van der Waals surface area contributed by atoms with Gasteiger partial charge >= 0.3 is 0 Å². The minimum atomic E-state index is 0.730. The molecule has 1 aromatic heterocycles. The maximum absolute atomic E-state index is 6.18. The Morgan fingerprint density at radius 3 is 2.67 bits per heavy atom. The van der Waals surface area contributed by atoms with Gasteiger partial charge in [-0.1, -0.05) is 30.7 Å². The SMILES string of the molecule is CC1CCC[N+](=c2cc(-c3ccc(Cl)cc3)oc3ccccc23)C1. The lowest BCUT2D eigenvalue weighted by atomic mass is 10.0. The van der Waals surface area contributed by atoms with Crippen molar-refractivity contribution in [2.75, 3.05) is 13.1 Å². The first-order valence-corrected chi connectivity index (χ1v) is 8.95. The Bertz CT molecular complexity index is 940. The molecule has 0 aliphatic carbocycles. The number of fused-ring (bicyclic) bond motifs is 1. The predicted molar refractivity (Wildman–Crippen MR) is 100 cm³/mol. The van der Waals surface area contributed by atoms with Gasteiger partial charge in [-0.25, -0.2) is 4.58 Å². The van der Waals surface area contributed by atoms with Crippen molar-refractivity contribution in [2.45, 2.75) is 19.8 Å². The van der Waals surface area contributed by atoms with Gasteiger partial charge in [-0.2, -0.15) is 0 Å². The lowest BCUT2D eigenvalue weighted by Gasteiger charge is -2.16. The van der Waals surface area contributed by atoms with E-state index in [2.05, 4.69) is 29.7 Å². The summed E-state index contributed by atoms with van der Waals surface area (Å²) in [6, 6.07) is 18.3. The van der Waals surface area contributed by atoms with Gasteiger partial charge in [0.05, 0.1) is 11.5 Å². The summed E-state index contributed by atoms with van der Waals surface area (Å²) in [5.74, 6) is 1.62. The normalized spacial score (nSPS) is 20.3. The molecule has 1 unspecified atom stereocenters. The molecule has 0 spiro atoms. The Morgan fingerprint density at radius 2 is 1.88 bits per heavy atom. The Labute approximate surface area is 147 Å². The van der Waals surface area contributed by atoms with Crippen LogP contribution in [-0.4, -0.2) is 13.1 Å². The Morgan fingerprint density at radius 1 is 1.08 bits per heavy atom. The topological polar surface area (TPSA) is 16.1 Å². The van der Waals surface area contributed by atoms with Gasteiger partial charge in [0.1, 0.15) is 24.4 Å². The number of para-hydroxylation sites is 1. The molecule has 1 aliphatic heterocycles. The van der Waals surface area contributed by atoms with Crippen molar-refractivity contribution in [3.8, 4) is 11.3 Å². The fourth-order valence-electron chi connectivity index (χ4n) is 3.54. The van der Waals surface area contributed by atoms with Crippen LogP contribution in [0.15, 0.2) is 59.0 Å². The van der Waals surface area contributed by atoms with E-state index in [1.54, 1.807) is 0 Å². The smallest absolute Gasteiger partial charge is 0.214 e. The highest BCUT2D eigenvalue weighted by atomic mass is 35.5. The van der Waals surface area contributed by atoms with Crippen molar-refractivity contribution >= 4 is 22.6 Å². The number of nitrogens with zero attached hydrogens (tertiary/aromatic N) is 1. The Kier molecular flexibility index (Phi) is 4.15. The number of hydrogen-bond acceptors (Lipinski definition) is 1. The molecule has 1 atom stereocenters. The highest BCUT2D eigenvalue weighted by Gasteiger charge is 2.20. The predicted octanol–water partition coefficient (Wildman–Crippen LogP) is 4.96.